The Hall–Kier alpha value is -3.06. The molecule has 0 aromatic heterocycles. The third kappa shape index (κ3) is 3.94. The molecule has 0 aliphatic carbocycles. The van der Waals surface area contributed by atoms with Gasteiger partial charge in [0, 0.05) is 12.1 Å². The second-order valence-electron chi connectivity index (χ2n) is 6.39. The summed E-state index contributed by atoms with van der Waals surface area (Å²) < 4.78 is 5.51. The highest BCUT2D eigenvalue weighted by molar-refractivity contribution is 5.90. The number of carboxylic acid groups (broad SMARTS) is 1. The quantitative estimate of drug-likeness (QED) is 0.657. The van der Waals surface area contributed by atoms with Crippen LogP contribution in [0.5, 0.6) is 5.75 Å². The Kier molecular flexibility index (Phi) is 4.81. The van der Waals surface area contributed by atoms with E-state index in [4.69, 9.17) is 9.84 Å². The van der Waals surface area contributed by atoms with Crippen LogP contribution in [0.3, 0.4) is 0 Å². The largest absolute Gasteiger partial charge is 0.493 e. The standard InChI is InChI=1S/C19H20N2O5/c1-19(25,17(22)23)11-20-18(24)21-15-4-2-3-12(10-15)13-5-6-16-14(9-13)7-8-26-16/h2-6,9-10,25H,7-8,11H2,1H3,(H,22,23)(H2,20,21,24). The SMILES string of the molecule is CC(O)(CNC(=O)Nc1cccc(-c2ccc3c(c2)CCO3)c1)C(=O)O. The van der Waals surface area contributed by atoms with Crippen molar-refractivity contribution < 1.29 is 24.5 Å². The maximum absolute atomic E-state index is 11.9. The smallest absolute Gasteiger partial charge is 0.337 e. The lowest BCUT2D eigenvalue weighted by Crippen LogP contribution is -2.47. The van der Waals surface area contributed by atoms with Gasteiger partial charge in [0.25, 0.3) is 0 Å². The number of amides is 2. The van der Waals surface area contributed by atoms with Gasteiger partial charge in [0.05, 0.1) is 13.2 Å². The number of carboxylic acids is 1. The van der Waals surface area contributed by atoms with Gasteiger partial charge in [-0.1, -0.05) is 18.2 Å². The molecule has 1 aliphatic rings. The van der Waals surface area contributed by atoms with Crippen molar-refractivity contribution in [3.63, 3.8) is 0 Å². The Morgan fingerprint density at radius 3 is 2.73 bits per heavy atom. The lowest BCUT2D eigenvalue weighted by Gasteiger charge is -2.18. The van der Waals surface area contributed by atoms with E-state index in [1.54, 1.807) is 6.07 Å². The van der Waals surface area contributed by atoms with Gasteiger partial charge >= 0.3 is 12.0 Å². The number of ether oxygens (including phenoxy) is 1. The van der Waals surface area contributed by atoms with Crippen molar-refractivity contribution in [1.82, 2.24) is 5.32 Å². The fourth-order valence-corrected chi connectivity index (χ4v) is 2.65. The van der Waals surface area contributed by atoms with E-state index in [0.29, 0.717) is 12.3 Å². The number of aliphatic carboxylic acids is 1. The number of rotatable bonds is 5. The minimum atomic E-state index is -2.02. The van der Waals surface area contributed by atoms with Gasteiger partial charge in [-0.15, -0.1) is 0 Å². The number of urea groups is 1. The third-order valence-electron chi connectivity index (χ3n) is 4.20. The molecule has 0 bridgehead atoms. The van der Waals surface area contributed by atoms with Crippen molar-refractivity contribution in [3.05, 3.63) is 48.0 Å². The van der Waals surface area contributed by atoms with Crippen molar-refractivity contribution in [1.29, 1.82) is 0 Å². The minimum absolute atomic E-state index is 0.404. The van der Waals surface area contributed by atoms with Gasteiger partial charge in [0.15, 0.2) is 5.60 Å². The summed E-state index contributed by atoms with van der Waals surface area (Å²) in [4.78, 5) is 22.8. The molecule has 3 rings (SSSR count). The van der Waals surface area contributed by atoms with Crippen LogP contribution >= 0.6 is 0 Å². The van der Waals surface area contributed by atoms with Gasteiger partial charge in [-0.2, -0.15) is 0 Å². The van der Waals surface area contributed by atoms with Crippen molar-refractivity contribution in [2.45, 2.75) is 18.9 Å². The van der Waals surface area contributed by atoms with Crippen LogP contribution < -0.4 is 15.4 Å². The van der Waals surface area contributed by atoms with E-state index >= 15 is 0 Å². The first-order valence-corrected chi connectivity index (χ1v) is 8.22. The topological polar surface area (TPSA) is 108 Å². The highest BCUT2D eigenvalue weighted by Crippen LogP contribution is 2.31. The molecule has 0 saturated heterocycles. The van der Waals surface area contributed by atoms with Crippen LogP contribution in [0.4, 0.5) is 10.5 Å². The first-order valence-electron chi connectivity index (χ1n) is 8.22. The van der Waals surface area contributed by atoms with Crippen LogP contribution in [-0.4, -0.2) is 41.0 Å². The molecule has 7 nitrogen and oxygen atoms in total. The first-order chi connectivity index (χ1) is 12.3. The van der Waals surface area contributed by atoms with Crippen molar-refractivity contribution in [2.24, 2.45) is 0 Å². The summed E-state index contributed by atoms with van der Waals surface area (Å²) >= 11 is 0. The molecule has 0 spiro atoms. The fourth-order valence-electron chi connectivity index (χ4n) is 2.65. The summed E-state index contributed by atoms with van der Waals surface area (Å²) in [5.74, 6) is -0.492. The third-order valence-corrected chi connectivity index (χ3v) is 4.20. The number of fused-ring (bicyclic) bond motifs is 1. The van der Waals surface area contributed by atoms with Crippen molar-refractivity contribution in [3.8, 4) is 16.9 Å². The summed E-state index contributed by atoms with van der Waals surface area (Å²) in [6, 6.07) is 12.7. The van der Waals surface area contributed by atoms with Gasteiger partial charge in [-0.25, -0.2) is 9.59 Å². The fraction of sp³-hybridized carbons (Fsp3) is 0.263. The molecule has 0 fully saturated rings. The molecule has 136 valence electrons. The molecule has 0 saturated carbocycles. The first kappa shape index (κ1) is 17.8. The van der Waals surface area contributed by atoms with E-state index in [9.17, 15) is 14.7 Å². The van der Waals surface area contributed by atoms with Gasteiger partial charge in [-0.3, -0.25) is 0 Å². The maximum Gasteiger partial charge on any atom is 0.337 e. The Bertz CT molecular complexity index is 848. The molecule has 1 heterocycles. The van der Waals surface area contributed by atoms with E-state index in [2.05, 4.69) is 16.7 Å². The van der Waals surface area contributed by atoms with Crippen LogP contribution in [0.2, 0.25) is 0 Å². The van der Waals surface area contributed by atoms with Gasteiger partial charge < -0.3 is 25.6 Å². The lowest BCUT2D eigenvalue weighted by molar-refractivity contribution is -0.155. The zero-order valence-electron chi connectivity index (χ0n) is 14.3. The highest BCUT2D eigenvalue weighted by Gasteiger charge is 2.30. The minimum Gasteiger partial charge on any atom is -0.493 e. The number of anilines is 1. The molecule has 1 unspecified atom stereocenters. The van der Waals surface area contributed by atoms with Crippen molar-refractivity contribution >= 4 is 17.7 Å². The molecule has 2 aromatic rings. The number of carbonyl (C=O) groups excluding carboxylic acids is 1. The molecule has 2 amide bonds. The van der Waals surface area contributed by atoms with Crippen molar-refractivity contribution in [2.75, 3.05) is 18.5 Å². The zero-order valence-corrected chi connectivity index (χ0v) is 14.3. The molecule has 1 aliphatic heterocycles. The average molecular weight is 356 g/mol. The zero-order chi connectivity index (χ0) is 18.7. The Morgan fingerprint density at radius 1 is 1.19 bits per heavy atom. The molecular formula is C19H20N2O5. The molecule has 1 atom stereocenters. The van der Waals surface area contributed by atoms with E-state index in [0.717, 1.165) is 35.8 Å². The molecule has 0 radical (unpaired) electrons. The Morgan fingerprint density at radius 2 is 1.96 bits per heavy atom. The number of hydrogen-bond donors (Lipinski definition) is 4. The molecule has 26 heavy (non-hydrogen) atoms. The summed E-state index contributed by atoms with van der Waals surface area (Å²) in [5, 5.41) is 23.5. The van der Waals surface area contributed by atoms with Gasteiger partial charge in [0.1, 0.15) is 5.75 Å². The predicted molar refractivity (Wildman–Crippen MR) is 96.4 cm³/mol. The van der Waals surface area contributed by atoms with Crippen LogP contribution in [0.15, 0.2) is 42.5 Å². The van der Waals surface area contributed by atoms with Crippen LogP contribution in [-0.2, 0) is 11.2 Å². The Labute approximate surface area is 150 Å². The monoisotopic (exact) mass is 356 g/mol. The second kappa shape index (κ2) is 7.05. The van der Waals surface area contributed by atoms with Crippen LogP contribution in [0.1, 0.15) is 12.5 Å². The summed E-state index contributed by atoms with van der Waals surface area (Å²) in [6.07, 6.45) is 0.882. The molecule has 4 N–H and O–H groups in total. The lowest BCUT2D eigenvalue weighted by atomic mass is 10.0. The highest BCUT2D eigenvalue weighted by atomic mass is 16.5. The van der Waals surface area contributed by atoms with E-state index in [1.165, 1.54) is 0 Å². The molecular weight excluding hydrogens is 336 g/mol. The molecule has 7 heteroatoms. The molecule has 2 aromatic carbocycles. The van der Waals surface area contributed by atoms with Crippen LogP contribution in [0.25, 0.3) is 11.1 Å². The number of hydrogen-bond acceptors (Lipinski definition) is 4. The van der Waals surface area contributed by atoms with E-state index < -0.39 is 24.1 Å². The second-order valence-corrected chi connectivity index (χ2v) is 6.39. The number of carbonyl (C=O) groups is 2. The van der Waals surface area contributed by atoms with E-state index in [-0.39, 0.29) is 0 Å². The van der Waals surface area contributed by atoms with Crippen LogP contribution in [0, 0.1) is 0 Å². The number of aliphatic hydroxyl groups is 1. The van der Waals surface area contributed by atoms with E-state index in [1.807, 2.05) is 30.3 Å². The summed E-state index contributed by atoms with van der Waals surface area (Å²) in [7, 11) is 0. The summed E-state index contributed by atoms with van der Waals surface area (Å²) in [5.41, 5.74) is 1.66. The maximum atomic E-state index is 11.9. The average Bonchev–Trinajstić information content (AvgIpc) is 3.08. The van der Waals surface area contributed by atoms with Gasteiger partial charge in [0.2, 0.25) is 0 Å². The number of benzene rings is 2. The predicted octanol–water partition coefficient (Wildman–Crippen LogP) is 2.25. The Balaban J connectivity index is 1.68. The number of nitrogens with one attached hydrogen (secondary N) is 2. The normalized spacial score (nSPS) is 14.7. The summed E-state index contributed by atoms with van der Waals surface area (Å²) in [6.45, 7) is 1.41. The van der Waals surface area contributed by atoms with Gasteiger partial charge in [-0.05, 0) is 47.9 Å².